The molecule has 90 valence electrons. The average molecular weight is 249 g/mol. The van der Waals surface area contributed by atoms with Crippen molar-refractivity contribution in [1.29, 1.82) is 0 Å². The van der Waals surface area contributed by atoms with Crippen LogP contribution in [-0.2, 0) is 5.54 Å². The number of hydrogen-bond acceptors (Lipinski definition) is 2. The van der Waals surface area contributed by atoms with Gasteiger partial charge in [-0.1, -0.05) is 24.9 Å². The van der Waals surface area contributed by atoms with Crippen molar-refractivity contribution in [1.82, 2.24) is 9.55 Å². The predicted molar refractivity (Wildman–Crippen MR) is 60.5 cm³/mol. The largest absolute Gasteiger partial charge is 0.330 e. The minimum absolute atomic E-state index is 0.543. The lowest BCUT2D eigenvalue weighted by Crippen LogP contribution is -2.47. The normalized spacial score (nSPS) is 11.8. The van der Waals surface area contributed by atoms with E-state index in [-0.39, 0.29) is 0 Å². The van der Waals surface area contributed by atoms with Gasteiger partial charge in [-0.3, -0.25) is 14.3 Å². The fourth-order valence-electron chi connectivity index (χ4n) is 1.76. The van der Waals surface area contributed by atoms with Crippen LogP contribution in [0.2, 0.25) is 5.15 Å². The highest BCUT2D eigenvalue weighted by molar-refractivity contribution is 6.29. The van der Waals surface area contributed by atoms with E-state index in [1.807, 2.05) is 6.92 Å². The molecule has 1 N–H and O–H groups in total. The summed E-state index contributed by atoms with van der Waals surface area (Å²) in [4.78, 5) is 25.3. The van der Waals surface area contributed by atoms with E-state index in [0.717, 1.165) is 11.0 Å². The summed E-state index contributed by atoms with van der Waals surface area (Å²) in [5.41, 5.74) is -2.40. The van der Waals surface area contributed by atoms with Gasteiger partial charge < -0.3 is 0 Å². The Balaban J connectivity index is 3.52. The van der Waals surface area contributed by atoms with E-state index in [2.05, 4.69) is 4.98 Å². The zero-order chi connectivity index (χ0) is 12.5. The summed E-state index contributed by atoms with van der Waals surface area (Å²) < 4.78 is 14.2. The quantitative estimate of drug-likeness (QED) is 0.831. The highest BCUT2D eigenvalue weighted by Crippen LogP contribution is 2.18. The van der Waals surface area contributed by atoms with Crippen LogP contribution in [0, 0.1) is 5.82 Å². The van der Waals surface area contributed by atoms with Gasteiger partial charge in [-0.05, 0) is 20.3 Å². The van der Waals surface area contributed by atoms with Crippen molar-refractivity contribution in [3.63, 3.8) is 0 Å². The van der Waals surface area contributed by atoms with Crippen LogP contribution in [0.4, 0.5) is 4.39 Å². The monoisotopic (exact) mass is 248 g/mol. The van der Waals surface area contributed by atoms with Gasteiger partial charge in [-0.25, -0.2) is 4.79 Å². The molecule has 0 spiro atoms. The smallest absolute Gasteiger partial charge is 0.295 e. The topological polar surface area (TPSA) is 54.9 Å². The molecule has 0 saturated heterocycles. The molecule has 0 atom stereocenters. The number of hydrogen-bond donors (Lipinski definition) is 1. The molecule has 0 amide bonds. The molecule has 1 aromatic rings. The van der Waals surface area contributed by atoms with E-state index in [4.69, 9.17) is 11.6 Å². The highest BCUT2D eigenvalue weighted by Gasteiger charge is 2.25. The summed E-state index contributed by atoms with van der Waals surface area (Å²) in [7, 11) is 0. The van der Waals surface area contributed by atoms with Gasteiger partial charge in [0.25, 0.3) is 5.56 Å². The van der Waals surface area contributed by atoms with Crippen molar-refractivity contribution in [2.24, 2.45) is 0 Å². The third-order valence-electron chi connectivity index (χ3n) is 2.47. The first-order valence-electron chi connectivity index (χ1n) is 5.02. The van der Waals surface area contributed by atoms with Crippen molar-refractivity contribution in [2.75, 3.05) is 0 Å². The van der Waals surface area contributed by atoms with Crippen molar-refractivity contribution < 1.29 is 4.39 Å². The minimum atomic E-state index is -1.12. The Morgan fingerprint density at radius 3 is 2.50 bits per heavy atom. The lowest BCUT2D eigenvalue weighted by molar-refractivity contribution is 0.294. The molecule has 0 unspecified atom stereocenters. The molecule has 0 fully saturated rings. The van der Waals surface area contributed by atoms with E-state index in [0.29, 0.717) is 6.42 Å². The standard InChI is InChI=1S/C10H14ClFN2O2/c1-4-5-10(2,3)14-8(15)6(12)7(11)13-9(14)16/h4-5H2,1-3H3,(H,13,16). The first-order chi connectivity index (χ1) is 7.31. The van der Waals surface area contributed by atoms with Crippen molar-refractivity contribution in [2.45, 2.75) is 39.2 Å². The lowest BCUT2D eigenvalue weighted by atomic mass is 9.98. The summed E-state index contributed by atoms with van der Waals surface area (Å²) >= 11 is 5.37. The van der Waals surface area contributed by atoms with Crippen LogP contribution in [-0.4, -0.2) is 9.55 Å². The minimum Gasteiger partial charge on any atom is -0.295 e. The average Bonchev–Trinajstić information content (AvgIpc) is 2.13. The summed E-state index contributed by atoms with van der Waals surface area (Å²) in [6.07, 6.45) is 1.38. The van der Waals surface area contributed by atoms with Gasteiger partial charge in [-0.2, -0.15) is 4.39 Å². The summed E-state index contributed by atoms with van der Waals surface area (Å²) in [6.45, 7) is 5.34. The Kier molecular flexibility index (Phi) is 3.57. The molecule has 0 bridgehead atoms. The van der Waals surface area contributed by atoms with Gasteiger partial charge in [0, 0.05) is 5.54 Å². The zero-order valence-corrected chi connectivity index (χ0v) is 10.2. The number of nitrogens with one attached hydrogen (secondary N) is 1. The zero-order valence-electron chi connectivity index (χ0n) is 9.43. The Labute approximate surface area is 97.1 Å². The number of H-pyrrole nitrogens is 1. The summed E-state index contributed by atoms with van der Waals surface area (Å²) in [6, 6.07) is 0. The maximum atomic E-state index is 13.3. The fourth-order valence-corrected chi connectivity index (χ4v) is 1.92. The molecular formula is C10H14ClFN2O2. The molecule has 1 heterocycles. The van der Waals surface area contributed by atoms with Crippen molar-refractivity contribution in [3.8, 4) is 0 Å². The van der Waals surface area contributed by atoms with Crippen molar-refractivity contribution in [3.05, 3.63) is 31.8 Å². The van der Waals surface area contributed by atoms with Gasteiger partial charge in [0.1, 0.15) is 0 Å². The Morgan fingerprint density at radius 1 is 1.44 bits per heavy atom. The predicted octanol–water partition coefficient (Wildman–Crippen LogP) is 1.86. The molecular weight excluding hydrogens is 235 g/mol. The van der Waals surface area contributed by atoms with Crippen LogP contribution in [0.3, 0.4) is 0 Å². The van der Waals surface area contributed by atoms with Crippen LogP contribution in [0.5, 0.6) is 0 Å². The molecule has 0 saturated carbocycles. The summed E-state index contributed by atoms with van der Waals surface area (Å²) in [5.74, 6) is -1.12. The SMILES string of the molecule is CCCC(C)(C)n1c(=O)[nH]c(Cl)c(F)c1=O. The second kappa shape index (κ2) is 4.41. The van der Waals surface area contributed by atoms with Crippen molar-refractivity contribution >= 4 is 11.6 Å². The van der Waals surface area contributed by atoms with E-state index in [1.165, 1.54) is 0 Å². The first-order valence-corrected chi connectivity index (χ1v) is 5.40. The third kappa shape index (κ3) is 2.19. The number of nitrogens with zero attached hydrogens (tertiary/aromatic N) is 1. The van der Waals surface area contributed by atoms with E-state index in [1.54, 1.807) is 13.8 Å². The van der Waals surface area contributed by atoms with Gasteiger partial charge in [-0.15, -0.1) is 0 Å². The molecule has 6 heteroatoms. The van der Waals surface area contributed by atoms with Crippen LogP contribution in [0.15, 0.2) is 9.59 Å². The van der Waals surface area contributed by atoms with Gasteiger partial charge in [0.15, 0.2) is 5.15 Å². The Morgan fingerprint density at radius 2 is 2.00 bits per heavy atom. The van der Waals surface area contributed by atoms with Gasteiger partial charge in [0.05, 0.1) is 0 Å². The third-order valence-corrected chi connectivity index (χ3v) is 2.73. The number of halogens is 2. The Hall–Kier alpha value is -1.10. The van der Waals surface area contributed by atoms with Crippen LogP contribution >= 0.6 is 11.6 Å². The molecule has 0 aliphatic rings. The molecule has 4 nitrogen and oxygen atoms in total. The highest BCUT2D eigenvalue weighted by atomic mass is 35.5. The Bertz CT molecular complexity index is 505. The number of aromatic amines is 1. The molecule has 0 radical (unpaired) electrons. The van der Waals surface area contributed by atoms with Gasteiger partial charge >= 0.3 is 5.69 Å². The van der Waals surface area contributed by atoms with E-state index >= 15 is 0 Å². The second-order valence-electron chi connectivity index (χ2n) is 4.26. The molecule has 1 rings (SSSR count). The van der Waals surface area contributed by atoms with E-state index < -0.39 is 27.8 Å². The van der Waals surface area contributed by atoms with E-state index in [9.17, 15) is 14.0 Å². The van der Waals surface area contributed by atoms with Crippen LogP contribution in [0.1, 0.15) is 33.6 Å². The molecule has 16 heavy (non-hydrogen) atoms. The molecule has 1 aromatic heterocycles. The van der Waals surface area contributed by atoms with Crippen LogP contribution < -0.4 is 11.2 Å². The fraction of sp³-hybridized carbons (Fsp3) is 0.600. The maximum absolute atomic E-state index is 13.3. The lowest BCUT2D eigenvalue weighted by Gasteiger charge is -2.25. The first kappa shape index (κ1) is 13.0. The maximum Gasteiger partial charge on any atom is 0.330 e. The van der Waals surface area contributed by atoms with Crippen LogP contribution in [0.25, 0.3) is 0 Å². The van der Waals surface area contributed by atoms with Gasteiger partial charge in [0.2, 0.25) is 5.82 Å². The summed E-state index contributed by atoms with van der Waals surface area (Å²) in [5, 5.41) is -0.543. The molecule has 0 aliphatic heterocycles. The molecule has 0 aromatic carbocycles. The number of aromatic nitrogens is 2. The number of rotatable bonds is 3. The molecule has 0 aliphatic carbocycles. The second-order valence-corrected chi connectivity index (χ2v) is 4.64.